The molecule has 2 atom stereocenters. The molecule has 2 rings (SSSR count). The van der Waals surface area contributed by atoms with Gasteiger partial charge in [-0.3, -0.25) is 0 Å². The summed E-state index contributed by atoms with van der Waals surface area (Å²) in [7, 11) is 0. The first-order chi connectivity index (χ1) is 9.13. The molecule has 0 bridgehead atoms. The minimum atomic E-state index is 0.394. The second-order valence-corrected chi connectivity index (χ2v) is 5.33. The van der Waals surface area contributed by atoms with E-state index in [1.165, 1.54) is 0 Å². The lowest BCUT2D eigenvalue weighted by Crippen LogP contribution is -2.24. The van der Waals surface area contributed by atoms with Crippen molar-refractivity contribution in [2.75, 3.05) is 5.32 Å². The molecule has 1 aromatic carbocycles. The van der Waals surface area contributed by atoms with Crippen molar-refractivity contribution in [2.24, 2.45) is 5.92 Å². The van der Waals surface area contributed by atoms with Crippen LogP contribution in [0.2, 0.25) is 5.02 Å². The topological polar surface area (TPSA) is 29.9 Å². The third-order valence-electron chi connectivity index (χ3n) is 3.63. The third kappa shape index (κ3) is 3.10. The quantitative estimate of drug-likeness (QED) is 0.879. The maximum Gasteiger partial charge on any atom is 0.0992 e. The maximum atomic E-state index is 6.33. The van der Waals surface area contributed by atoms with Crippen LogP contribution in [0.15, 0.2) is 36.9 Å². The molecule has 102 valence electrons. The van der Waals surface area contributed by atoms with E-state index in [0.717, 1.165) is 22.8 Å². The van der Waals surface area contributed by atoms with E-state index in [0.29, 0.717) is 12.0 Å². The number of imidazole rings is 1. The molecule has 0 radical (unpaired) electrons. The van der Waals surface area contributed by atoms with Gasteiger partial charge in [-0.15, -0.1) is 0 Å². The van der Waals surface area contributed by atoms with Gasteiger partial charge in [-0.2, -0.15) is 0 Å². The van der Waals surface area contributed by atoms with E-state index in [9.17, 15) is 0 Å². The molecule has 0 aliphatic heterocycles. The molecule has 0 saturated carbocycles. The predicted molar refractivity (Wildman–Crippen MR) is 81.1 cm³/mol. The van der Waals surface area contributed by atoms with Gasteiger partial charge in [0.05, 0.1) is 22.7 Å². The van der Waals surface area contributed by atoms with E-state index in [2.05, 4.69) is 37.1 Å². The molecule has 0 saturated heterocycles. The molecule has 0 fully saturated rings. The van der Waals surface area contributed by atoms with Gasteiger partial charge in [0.2, 0.25) is 0 Å². The summed E-state index contributed by atoms with van der Waals surface area (Å²) < 4.78 is 1.94. The highest BCUT2D eigenvalue weighted by atomic mass is 35.5. The molecule has 4 heteroatoms. The molecule has 2 unspecified atom stereocenters. The Morgan fingerprint density at radius 2 is 2.16 bits per heavy atom. The fourth-order valence-electron chi connectivity index (χ4n) is 2.03. The second kappa shape index (κ2) is 6.11. The Balaban J connectivity index is 2.33. The van der Waals surface area contributed by atoms with E-state index in [1.54, 1.807) is 12.5 Å². The van der Waals surface area contributed by atoms with Crippen LogP contribution in [0.1, 0.15) is 27.2 Å². The number of nitrogens with one attached hydrogen (secondary N) is 1. The van der Waals surface area contributed by atoms with Crippen molar-refractivity contribution >= 4 is 17.3 Å². The van der Waals surface area contributed by atoms with Crippen LogP contribution in [0.25, 0.3) is 5.69 Å². The Kier molecular flexibility index (Phi) is 4.48. The number of para-hydroxylation sites is 1. The molecule has 1 heterocycles. The van der Waals surface area contributed by atoms with Gasteiger partial charge in [0.15, 0.2) is 0 Å². The van der Waals surface area contributed by atoms with Crippen LogP contribution in [0.3, 0.4) is 0 Å². The van der Waals surface area contributed by atoms with Crippen LogP contribution >= 0.6 is 11.6 Å². The number of hydrogen-bond donors (Lipinski definition) is 1. The van der Waals surface area contributed by atoms with Crippen LogP contribution in [0.5, 0.6) is 0 Å². The predicted octanol–water partition coefficient (Wildman–Crippen LogP) is 4.37. The molecule has 2 aromatic rings. The van der Waals surface area contributed by atoms with Crippen molar-refractivity contribution in [2.45, 2.75) is 33.2 Å². The molecule has 0 spiro atoms. The van der Waals surface area contributed by atoms with Crippen LogP contribution in [0, 0.1) is 5.92 Å². The SMILES string of the molecule is CCC(C)C(C)Nc1cccc(Cl)c1-n1ccnc1. The van der Waals surface area contributed by atoms with Crippen molar-refractivity contribution in [3.8, 4) is 5.69 Å². The summed E-state index contributed by atoms with van der Waals surface area (Å²) in [6.07, 6.45) is 6.57. The molecule has 0 aliphatic rings. The van der Waals surface area contributed by atoms with E-state index >= 15 is 0 Å². The monoisotopic (exact) mass is 277 g/mol. The summed E-state index contributed by atoms with van der Waals surface area (Å²) in [5, 5.41) is 4.28. The molecule has 0 amide bonds. The number of halogens is 1. The maximum absolute atomic E-state index is 6.33. The summed E-state index contributed by atoms with van der Waals surface area (Å²) >= 11 is 6.33. The van der Waals surface area contributed by atoms with Crippen LogP contribution in [0.4, 0.5) is 5.69 Å². The van der Waals surface area contributed by atoms with Gasteiger partial charge >= 0.3 is 0 Å². The Morgan fingerprint density at radius 1 is 1.37 bits per heavy atom. The van der Waals surface area contributed by atoms with Gasteiger partial charge in [0.1, 0.15) is 0 Å². The number of rotatable bonds is 5. The lowest BCUT2D eigenvalue weighted by atomic mass is 10.0. The summed E-state index contributed by atoms with van der Waals surface area (Å²) in [5.74, 6) is 0.606. The minimum absolute atomic E-state index is 0.394. The zero-order chi connectivity index (χ0) is 13.8. The van der Waals surface area contributed by atoms with Gasteiger partial charge in [-0.05, 0) is 25.0 Å². The summed E-state index contributed by atoms with van der Waals surface area (Å²) in [4.78, 5) is 4.09. The van der Waals surface area contributed by atoms with Gasteiger partial charge < -0.3 is 9.88 Å². The van der Waals surface area contributed by atoms with Crippen molar-refractivity contribution in [3.63, 3.8) is 0 Å². The van der Waals surface area contributed by atoms with Gasteiger partial charge in [-0.1, -0.05) is 37.9 Å². The molecular formula is C15H20ClN3. The van der Waals surface area contributed by atoms with Crippen molar-refractivity contribution in [1.82, 2.24) is 9.55 Å². The fourth-order valence-corrected chi connectivity index (χ4v) is 2.30. The average molecular weight is 278 g/mol. The highest BCUT2D eigenvalue weighted by Crippen LogP contribution is 2.29. The standard InChI is InChI=1S/C15H20ClN3/c1-4-11(2)12(3)18-14-7-5-6-13(16)15(14)19-9-8-17-10-19/h5-12,18H,4H2,1-3H3. The number of anilines is 1. The Morgan fingerprint density at radius 3 is 2.79 bits per heavy atom. The Labute approximate surface area is 119 Å². The number of hydrogen-bond acceptors (Lipinski definition) is 2. The number of benzene rings is 1. The van der Waals surface area contributed by atoms with Crippen molar-refractivity contribution < 1.29 is 0 Å². The van der Waals surface area contributed by atoms with E-state index in [1.807, 2.05) is 22.9 Å². The Hall–Kier alpha value is -1.48. The summed E-state index contributed by atoms with van der Waals surface area (Å²) in [6.45, 7) is 6.66. The van der Waals surface area contributed by atoms with Crippen molar-refractivity contribution in [1.29, 1.82) is 0 Å². The smallest absolute Gasteiger partial charge is 0.0992 e. The largest absolute Gasteiger partial charge is 0.381 e. The highest BCUT2D eigenvalue weighted by molar-refractivity contribution is 6.33. The van der Waals surface area contributed by atoms with E-state index in [4.69, 9.17) is 11.6 Å². The first kappa shape index (κ1) is 13.9. The lowest BCUT2D eigenvalue weighted by molar-refractivity contribution is 0.494. The normalized spacial score (nSPS) is 14.1. The summed E-state index contributed by atoms with van der Waals surface area (Å²) in [6, 6.07) is 6.32. The van der Waals surface area contributed by atoms with E-state index < -0.39 is 0 Å². The zero-order valence-corrected chi connectivity index (χ0v) is 12.4. The fraction of sp³-hybridized carbons (Fsp3) is 0.400. The number of aromatic nitrogens is 2. The highest BCUT2D eigenvalue weighted by Gasteiger charge is 2.14. The molecule has 3 nitrogen and oxygen atoms in total. The van der Waals surface area contributed by atoms with Gasteiger partial charge in [-0.25, -0.2) is 4.98 Å². The first-order valence-electron chi connectivity index (χ1n) is 6.66. The Bertz CT molecular complexity index is 522. The van der Waals surface area contributed by atoms with Crippen LogP contribution in [-0.4, -0.2) is 15.6 Å². The third-order valence-corrected chi connectivity index (χ3v) is 3.94. The second-order valence-electron chi connectivity index (χ2n) is 4.92. The summed E-state index contributed by atoms with van der Waals surface area (Å²) in [5.41, 5.74) is 2.00. The lowest BCUT2D eigenvalue weighted by Gasteiger charge is -2.23. The molecular weight excluding hydrogens is 258 g/mol. The van der Waals surface area contributed by atoms with Crippen LogP contribution < -0.4 is 5.32 Å². The molecule has 19 heavy (non-hydrogen) atoms. The molecule has 1 N–H and O–H groups in total. The van der Waals surface area contributed by atoms with Crippen molar-refractivity contribution in [3.05, 3.63) is 41.9 Å². The first-order valence-corrected chi connectivity index (χ1v) is 7.04. The zero-order valence-electron chi connectivity index (χ0n) is 11.6. The molecule has 0 aliphatic carbocycles. The molecule has 1 aromatic heterocycles. The van der Waals surface area contributed by atoms with Crippen LogP contribution in [-0.2, 0) is 0 Å². The average Bonchev–Trinajstić information content (AvgIpc) is 2.91. The minimum Gasteiger partial charge on any atom is -0.381 e. The number of nitrogens with zero attached hydrogens (tertiary/aromatic N) is 2. The van der Waals surface area contributed by atoms with E-state index in [-0.39, 0.29) is 0 Å². The van der Waals surface area contributed by atoms with Gasteiger partial charge in [0, 0.05) is 18.4 Å². The van der Waals surface area contributed by atoms with Gasteiger partial charge in [0.25, 0.3) is 0 Å².